The van der Waals surface area contributed by atoms with Crippen LogP contribution in [0, 0.1) is 6.92 Å². The number of likely N-dealkylation sites (tertiary alicyclic amines) is 1. The van der Waals surface area contributed by atoms with E-state index in [1.165, 1.54) is 12.5 Å². The third-order valence-electron chi connectivity index (χ3n) is 4.88. The number of carbonyl (C=O) groups is 1. The first-order valence-electron chi connectivity index (χ1n) is 10.1. The lowest BCUT2D eigenvalue weighted by atomic mass is 10.2. The van der Waals surface area contributed by atoms with E-state index in [-0.39, 0.29) is 12.0 Å². The third-order valence-corrected chi connectivity index (χ3v) is 4.88. The molecular formula is C23H30N2O4. The van der Waals surface area contributed by atoms with Gasteiger partial charge in [0.1, 0.15) is 23.7 Å². The van der Waals surface area contributed by atoms with Gasteiger partial charge >= 0.3 is 0 Å². The Labute approximate surface area is 172 Å². The average molecular weight is 399 g/mol. The van der Waals surface area contributed by atoms with E-state index >= 15 is 0 Å². The molecule has 3 rings (SSSR count). The van der Waals surface area contributed by atoms with E-state index in [9.17, 15) is 9.90 Å². The zero-order valence-corrected chi connectivity index (χ0v) is 17.1. The first-order valence-corrected chi connectivity index (χ1v) is 10.1. The lowest BCUT2D eigenvalue weighted by Crippen LogP contribution is -2.29. The van der Waals surface area contributed by atoms with Crippen LogP contribution in [0.5, 0.6) is 11.5 Å². The molecule has 6 nitrogen and oxygen atoms in total. The highest BCUT2D eigenvalue weighted by Gasteiger charge is 2.32. The number of amides is 1. The Hall–Kier alpha value is -2.57. The minimum atomic E-state index is -0.498. The highest BCUT2D eigenvalue weighted by Crippen LogP contribution is 2.22. The highest BCUT2D eigenvalue weighted by atomic mass is 16.5. The van der Waals surface area contributed by atoms with Gasteiger partial charge < -0.3 is 19.9 Å². The lowest BCUT2D eigenvalue weighted by Gasteiger charge is -2.17. The van der Waals surface area contributed by atoms with Crippen LogP contribution < -0.4 is 14.8 Å². The quantitative estimate of drug-likeness (QED) is 0.635. The Kier molecular flexibility index (Phi) is 7.49. The van der Waals surface area contributed by atoms with Crippen molar-refractivity contribution in [3.05, 3.63) is 59.7 Å². The zero-order chi connectivity index (χ0) is 20.6. The van der Waals surface area contributed by atoms with Crippen LogP contribution >= 0.6 is 0 Å². The van der Waals surface area contributed by atoms with E-state index in [1.54, 1.807) is 0 Å². The summed E-state index contributed by atoms with van der Waals surface area (Å²) in [6.07, 6.45) is 0.0553. The second kappa shape index (κ2) is 10.3. The number of aliphatic hydroxyl groups excluding tert-OH is 1. The van der Waals surface area contributed by atoms with Gasteiger partial charge in [0.25, 0.3) is 0 Å². The molecule has 1 aliphatic heterocycles. The molecule has 1 aliphatic rings. The first kappa shape index (κ1) is 21.1. The number of ether oxygens (including phenoxy) is 2. The summed E-state index contributed by atoms with van der Waals surface area (Å²) in [4.78, 5) is 13.0. The van der Waals surface area contributed by atoms with Gasteiger partial charge in [-0.1, -0.05) is 24.3 Å². The van der Waals surface area contributed by atoms with E-state index in [4.69, 9.17) is 9.47 Å². The number of carbonyl (C=O) groups excluding carboxylic acids is 1. The predicted octanol–water partition coefficient (Wildman–Crippen LogP) is 2.52. The van der Waals surface area contributed by atoms with Crippen LogP contribution in [-0.2, 0) is 11.3 Å². The standard InChI is InChI=1S/C23H30N2O4/c1-17-5-3-6-21(13-17)29-23-16-25(15-22(23)27)14-19-7-9-20(10-8-19)28-12-4-11-24-18(2)26/h3,5-10,13,22-23,27H,4,11-12,14-16H2,1-2H3,(H,24,26)/t22-,23-/m0/s1. The molecule has 0 spiro atoms. The fourth-order valence-corrected chi connectivity index (χ4v) is 3.42. The molecule has 0 aromatic heterocycles. The van der Waals surface area contributed by atoms with E-state index in [0.29, 0.717) is 26.2 Å². The van der Waals surface area contributed by atoms with Crippen molar-refractivity contribution in [2.45, 2.75) is 39.0 Å². The minimum absolute atomic E-state index is 0.0205. The van der Waals surface area contributed by atoms with Crippen molar-refractivity contribution < 1.29 is 19.4 Å². The highest BCUT2D eigenvalue weighted by molar-refractivity contribution is 5.72. The number of nitrogens with zero attached hydrogens (tertiary/aromatic N) is 1. The summed E-state index contributed by atoms with van der Waals surface area (Å²) in [7, 11) is 0. The van der Waals surface area contributed by atoms with Crippen molar-refractivity contribution in [3.63, 3.8) is 0 Å². The summed E-state index contributed by atoms with van der Waals surface area (Å²) in [5, 5.41) is 13.1. The molecule has 29 heavy (non-hydrogen) atoms. The summed E-state index contributed by atoms with van der Waals surface area (Å²) >= 11 is 0. The van der Waals surface area contributed by atoms with Crippen molar-refractivity contribution >= 4 is 5.91 Å². The molecule has 2 N–H and O–H groups in total. The number of aryl methyl sites for hydroxylation is 1. The zero-order valence-electron chi connectivity index (χ0n) is 17.1. The molecule has 2 aromatic rings. The second-order valence-corrected chi connectivity index (χ2v) is 7.56. The summed E-state index contributed by atoms with van der Waals surface area (Å²) in [6.45, 7) is 6.77. The molecule has 1 fully saturated rings. The monoisotopic (exact) mass is 398 g/mol. The van der Waals surface area contributed by atoms with Crippen LogP contribution in [0.3, 0.4) is 0 Å². The van der Waals surface area contributed by atoms with Gasteiger partial charge in [-0.05, 0) is 48.7 Å². The van der Waals surface area contributed by atoms with Crippen LogP contribution in [0.25, 0.3) is 0 Å². The van der Waals surface area contributed by atoms with Gasteiger partial charge in [0.2, 0.25) is 5.91 Å². The SMILES string of the molecule is CC(=O)NCCCOc1ccc(CN2C[C@H](Oc3cccc(C)c3)[C@@H](O)C2)cc1. The molecule has 1 saturated heterocycles. The van der Waals surface area contributed by atoms with Gasteiger partial charge in [-0.3, -0.25) is 9.69 Å². The average Bonchev–Trinajstić information content (AvgIpc) is 3.01. The molecule has 0 aliphatic carbocycles. The molecule has 1 amide bonds. The molecule has 2 aromatic carbocycles. The third kappa shape index (κ3) is 6.76. The maximum Gasteiger partial charge on any atom is 0.216 e. The van der Waals surface area contributed by atoms with E-state index < -0.39 is 6.10 Å². The molecule has 1 heterocycles. The number of rotatable bonds is 9. The van der Waals surface area contributed by atoms with Crippen LogP contribution in [-0.4, -0.2) is 54.4 Å². The normalized spacial score (nSPS) is 19.1. The lowest BCUT2D eigenvalue weighted by molar-refractivity contribution is -0.118. The van der Waals surface area contributed by atoms with Gasteiger partial charge in [0, 0.05) is 33.1 Å². The van der Waals surface area contributed by atoms with Crippen molar-refractivity contribution in [2.24, 2.45) is 0 Å². The van der Waals surface area contributed by atoms with Crippen LogP contribution in [0.4, 0.5) is 0 Å². The Morgan fingerprint density at radius 2 is 1.97 bits per heavy atom. The number of hydrogen-bond acceptors (Lipinski definition) is 5. The van der Waals surface area contributed by atoms with Gasteiger partial charge in [-0.15, -0.1) is 0 Å². The molecule has 156 valence electrons. The number of benzene rings is 2. The molecule has 0 radical (unpaired) electrons. The van der Waals surface area contributed by atoms with Gasteiger partial charge in [-0.2, -0.15) is 0 Å². The molecule has 0 saturated carbocycles. The maximum atomic E-state index is 10.8. The van der Waals surface area contributed by atoms with Crippen molar-refractivity contribution in [1.29, 1.82) is 0 Å². The Balaban J connectivity index is 1.43. The second-order valence-electron chi connectivity index (χ2n) is 7.56. The van der Waals surface area contributed by atoms with Crippen molar-refractivity contribution in [1.82, 2.24) is 10.2 Å². The Bertz CT molecular complexity index is 794. The van der Waals surface area contributed by atoms with E-state index in [2.05, 4.69) is 10.2 Å². The van der Waals surface area contributed by atoms with Crippen LogP contribution in [0.1, 0.15) is 24.5 Å². The number of β-amino-alcohol motifs (C(OH)–C–C–N with tert-alkyl or cyclic N) is 1. The molecule has 2 atom stereocenters. The van der Waals surface area contributed by atoms with Crippen LogP contribution in [0.2, 0.25) is 0 Å². The van der Waals surface area contributed by atoms with Gasteiger partial charge in [0.05, 0.1) is 6.61 Å². The predicted molar refractivity (Wildman–Crippen MR) is 112 cm³/mol. The number of aliphatic hydroxyl groups is 1. The number of nitrogens with one attached hydrogen (secondary N) is 1. The summed E-state index contributed by atoms with van der Waals surface area (Å²) < 4.78 is 11.7. The summed E-state index contributed by atoms with van der Waals surface area (Å²) in [5.41, 5.74) is 2.31. The fourth-order valence-electron chi connectivity index (χ4n) is 3.42. The Morgan fingerprint density at radius 1 is 1.17 bits per heavy atom. The minimum Gasteiger partial charge on any atom is -0.494 e. The van der Waals surface area contributed by atoms with Gasteiger partial charge in [0.15, 0.2) is 0 Å². The first-order chi connectivity index (χ1) is 14.0. The maximum absolute atomic E-state index is 10.8. The fraction of sp³-hybridized carbons (Fsp3) is 0.435. The topological polar surface area (TPSA) is 71.0 Å². The van der Waals surface area contributed by atoms with Crippen LogP contribution in [0.15, 0.2) is 48.5 Å². The molecule has 0 unspecified atom stereocenters. The van der Waals surface area contributed by atoms with Crippen molar-refractivity contribution in [2.75, 3.05) is 26.2 Å². The summed E-state index contributed by atoms with van der Waals surface area (Å²) in [5.74, 6) is 1.60. The molecule has 0 bridgehead atoms. The van der Waals surface area contributed by atoms with Gasteiger partial charge in [-0.25, -0.2) is 0 Å². The Morgan fingerprint density at radius 3 is 2.69 bits per heavy atom. The van der Waals surface area contributed by atoms with Crippen molar-refractivity contribution in [3.8, 4) is 11.5 Å². The number of hydrogen-bond donors (Lipinski definition) is 2. The smallest absolute Gasteiger partial charge is 0.216 e. The largest absolute Gasteiger partial charge is 0.494 e. The molecular weight excluding hydrogens is 368 g/mol. The van der Waals surface area contributed by atoms with E-state index in [1.807, 2.05) is 55.5 Å². The van der Waals surface area contributed by atoms with E-state index in [0.717, 1.165) is 30.0 Å². The molecule has 6 heteroatoms. The summed E-state index contributed by atoms with van der Waals surface area (Å²) in [6, 6.07) is 15.9.